The Hall–Kier alpha value is -1.88. The second kappa shape index (κ2) is 9.13. The fourth-order valence-corrected chi connectivity index (χ4v) is 2.10. The van der Waals surface area contributed by atoms with Gasteiger partial charge in [-0.05, 0) is 18.9 Å². The minimum absolute atomic E-state index is 0.0532. The van der Waals surface area contributed by atoms with E-state index in [2.05, 4.69) is 5.32 Å². The molecule has 1 amide bonds. The van der Waals surface area contributed by atoms with Gasteiger partial charge < -0.3 is 10.0 Å². The van der Waals surface area contributed by atoms with Crippen molar-refractivity contribution < 1.29 is 14.7 Å². The van der Waals surface area contributed by atoms with Crippen LogP contribution in [0.1, 0.15) is 32.3 Å². The summed E-state index contributed by atoms with van der Waals surface area (Å²) in [7, 11) is 0. The van der Waals surface area contributed by atoms with Crippen LogP contribution in [-0.2, 0) is 16.1 Å². The van der Waals surface area contributed by atoms with Gasteiger partial charge in [-0.3, -0.25) is 14.9 Å². The summed E-state index contributed by atoms with van der Waals surface area (Å²) in [6.45, 7) is 5.04. The molecule has 0 aliphatic rings. The lowest BCUT2D eigenvalue weighted by molar-refractivity contribution is -0.140. The lowest BCUT2D eigenvalue weighted by atomic mass is 10.1. The molecule has 1 rings (SSSR count). The van der Waals surface area contributed by atoms with Crippen LogP contribution in [0, 0.1) is 0 Å². The van der Waals surface area contributed by atoms with Crippen LogP contribution in [-0.4, -0.2) is 41.0 Å². The lowest BCUT2D eigenvalue weighted by Gasteiger charge is -2.22. The highest BCUT2D eigenvalue weighted by Gasteiger charge is 2.19. The molecule has 0 aromatic heterocycles. The van der Waals surface area contributed by atoms with Gasteiger partial charge in [-0.15, -0.1) is 0 Å². The summed E-state index contributed by atoms with van der Waals surface area (Å²) in [6, 6.07) is 9.10. The largest absolute Gasteiger partial charge is 0.480 e. The van der Waals surface area contributed by atoms with E-state index in [9.17, 15) is 9.59 Å². The number of nitrogens with zero attached hydrogens (tertiary/aromatic N) is 1. The van der Waals surface area contributed by atoms with Crippen molar-refractivity contribution in [3.63, 3.8) is 0 Å². The monoisotopic (exact) mass is 292 g/mol. The zero-order chi connectivity index (χ0) is 15.7. The Labute approximate surface area is 126 Å². The topological polar surface area (TPSA) is 69.6 Å². The van der Waals surface area contributed by atoms with Crippen LogP contribution in [0.3, 0.4) is 0 Å². The van der Waals surface area contributed by atoms with Gasteiger partial charge in [0.2, 0.25) is 5.91 Å². The Bertz CT molecular complexity index is 448. The maximum Gasteiger partial charge on any atom is 0.320 e. The molecule has 2 N–H and O–H groups in total. The Balaban J connectivity index is 2.53. The fraction of sp³-hybridized carbons (Fsp3) is 0.500. The van der Waals surface area contributed by atoms with Gasteiger partial charge >= 0.3 is 5.97 Å². The Morgan fingerprint density at radius 2 is 1.90 bits per heavy atom. The van der Waals surface area contributed by atoms with Crippen LogP contribution in [0.15, 0.2) is 30.3 Å². The van der Waals surface area contributed by atoms with Crippen molar-refractivity contribution in [1.82, 2.24) is 10.2 Å². The smallest absolute Gasteiger partial charge is 0.320 e. The molecule has 0 spiro atoms. The SMILES string of the molecule is CCCC(NCC(=O)N(CC)Cc1ccccc1)C(=O)O. The quantitative estimate of drug-likeness (QED) is 0.729. The second-order valence-electron chi connectivity index (χ2n) is 4.95. The molecule has 0 saturated heterocycles. The number of carbonyl (C=O) groups excluding carboxylic acids is 1. The van der Waals surface area contributed by atoms with E-state index in [1.807, 2.05) is 44.2 Å². The van der Waals surface area contributed by atoms with E-state index in [4.69, 9.17) is 5.11 Å². The summed E-state index contributed by atoms with van der Waals surface area (Å²) in [5, 5.41) is 11.9. The molecule has 0 aliphatic carbocycles. The average Bonchev–Trinajstić information content (AvgIpc) is 2.49. The maximum absolute atomic E-state index is 12.2. The number of likely N-dealkylation sites (N-methyl/N-ethyl adjacent to an activating group) is 1. The van der Waals surface area contributed by atoms with Crippen LogP contribution >= 0.6 is 0 Å². The number of carboxylic acids is 1. The zero-order valence-corrected chi connectivity index (χ0v) is 12.7. The normalized spacial score (nSPS) is 11.9. The van der Waals surface area contributed by atoms with Gasteiger partial charge in [-0.1, -0.05) is 43.7 Å². The molecule has 0 saturated carbocycles. The molecule has 0 heterocycles. The van der Waals surface area contributed by atoms with E-state index in [-0.39, 0.29) is 12.5 Å². The van der Waals surface area contributed by atoms with E-state index in [1.165, 1.54) is 0 Å². The number of hydrogen-bond acceptors (Lipinski definition) is 3. The first-order chi connectivity index (χ1) is 10.1. The van der Waals surface area contributed by atoms with E-state index in [1.54, 1.807) is 4.90 Å². The van der Waals surface area contributed by atoms with Crippen molar-refractivity contribution in [2.24, 2.45) is 0 Å². The summed E-state index contributed by atoms with van der Waals surface area (Å²) in [5.41, 5.74) is 1.07. The molecule has 0 bridgehead atoms. The van der Waals surface area contributed by atoms with Crippen molar-refractivity contribution in [3.05, 3.63) is 35.9 Å². The van der Waals surface area contributed by atoms with Crippen LogP contribution < -0.4 is 5.32 Å². The molecule has 1 unspecified atom stereocenters. The molecule has 1 aromatic carbocycles. The molecular formula is C16H24N2O3. The number of rotatable bonds is 9. The number of aliphatic carboxylic acids is 1. The molecule has 1 atom stereocenters. The summed E-state index contributed by atoms with van der Waals surface area (Å²) >= 11 is 0. The lowest BCUT2D eigenvalue weighted by Crippen LogP contribution is -2.44. The first-order valence-corrected chi connectivity index (χ1v) is 7.36. The van der Waals surface area contributed by atoms with Crippen molar-refractivity contribution in [3.8, 4) is 0 Å². The van der Waals surface area contributed by atoms with Gasteiger partial charge in [0.1, 0.15) is 6.04 Å². The summed E-state index contributed by atoms with van der Waals surface area (Å²) in [5.74, 6) is -0.987. The first-order valence-electron chi connectivity index (χ1n) is 7.36. The van der Waals surface area contributed by atoms with Crippen molar-refractivity contribution in [2.45, 2.75) is 39.3 Å². The summed E-state index contributed by atoms with van der Waals surface area (Å²) in [6.07, 6.45) is 1.28. The third-order valence-electron chi connectivity index (χ3n) is 3.33. The van der Waals surface area contributed by atoms with Crippen molar-refractivity contribution in [1.29, 1.82) is 0 Å². The van der Waals surface area contributed by atoms with Gasteiger partial charge in [0.25, 0.3) is 0 Å². The van der Waals surface area contributed by atoms with Crippen LogP contribution in [0.25, 0.3) is 0 Å². The molecule has 0 fully saturated rings. The molecule has 116 valence electrons. The molecule has 21 heavy (non-hydrogen) atoms. The third-order valence-corrected chi connectivity index (χ3v) is 3.33. The van der Waals surface area contributed by atoms with Gasteiger partial charge in [0.15, 0.2) is 0 Å². The summed E-state index contributed by atoms with van der Waals surface area (Å²) < 4.78 is 0. The van der Waals surface area contributed by atoms with E-state index >= 15 is 0 Å². The van der Waals surface area contributed by atoms with Crippen LogP contribution in [0.4, 0.5) is 0 Å². The number of carboxylic acid groups (broad SMARTS) is 1. The number of hydrogen-bond donors (Lipinski definition) is 2. The Morgan fingerprint density at radius 3 is 2.43 bits per heavy atom. The van der Waals surface area contributed by atoms with Crippen LogP contribution in [0.2, 0.25) is 0 Å². The van der Waals surface area contributed by atoms with Gasteiger partial charge in [-0.2, -0.15) is 0 Å². The van der Waals surface area contributed by atoms with Crippen molar-refractivity contribution >= 4 is 11.9 Å². The highest BCUT2D eigenvalue weighted by Crippen LogP contribution is 2.04. The predicted molar refractivity (Wildman–Crippen MR) is 81.9 cm³/mol. The number of amides is 1. The molecule has 5 nitrogen and oxygen atoms in total. The molecule has 5 heteroatoms. The minimum Gasteiger partial charge on any atom is -0.480 e. The first kappa shape index (κ1) is 17.2. The molecule has 0 radical (unpaired) electrons. The standard InChI is InChI=1S/C16H24N2O3/c1-3-8-14(16(20)21)17-11-15(19)18(4-2)12-13-9-6-5-7-10-13/h5-7,9-10,14,17H,3-4,8,11-12H2,1-2H3,(H,20,21). The molecule has 1 aromatic rings. The van der Waals surface area contributed by atoms with Crippen molar-refractivity contribution in [2.75, 3.05) is 13.1 Å². The minimum atomic E-state index is -0.907. The summed E-state index contributed by atoms with van der Waals surface area (Å²) in [4.78, 5) is 24.9. The number of carbonyl (C=O) groups is 2. The second-order valence-corrected chi connectivity index (χ2v) is 4.95. The zero-order valence-electron chi connectivity index (χ0n) is 12.7. The predicted octanol–water partition coefficient (Wildman–Crippen LogP) is 1.88. The molecular weight excluding hydrogens is 268 g/mol. The maximum atomic E-state index is 12.2. The van der Waals surface area contributed by atoms with Crippen LogP contribution in [0.5, 0.6) is 0 Å². The highest BCUT2D eigenvalue weighted by molar-refractivity contribution is 5.80. The average molecular weight is 292 g/mol. The van der Waals surface area contributed by atoms with Gasteiger partial charge in [0, 0.05) is 13.1 Å². The van der Waals surface area contributed by atoms with E-state index in [0.717, 1.165) is 12.0 Å². The Kier molecular flexibility index (Phi) is 7.46. The van der Waals surface area contributed by atoms with Gasteiger partial charge in [-0.25, -0.2) is 0 Å². The fourth-order valence-electron chi connectivity index (χ4n) is 2.10. The van der Waals surface area contributed by atoms with E-state index in [0.29, 0.717) is 19.5 Å². The molecule has 0 aliphatic heterocycles. The number of nitrogens with one attached hydrogen (secondary N) is 1. The highest BCUT2D eigenvalue weighted by atomic mass is 16.4. The number of benzene rings is 1. The van der Waals surface area contributed by atoms with E-state index < -0.39 is 12.0 Å². The third kappa shape index (κ3) is 5.95. The Morgan fingerprint density at radius 1 is 1.24 bits per heavy atom. The van der Waals surface area contributed by atoms with Gasteiger partial charge in [0.05, 0.1) is 6.54 Å².